The highest BCUT2D eigenvalue weighted by molar-refractivity contribution is 5.90. The van der Waals surface area contributed by atoms with Gasteiger partial charge in [-0.3, -0.25) is 10.1 Å². The third-order valence-corrected chi connectivity index (χ3v) is 4.82. The highest BCUT2D eigenvalue weighted by atomic mass is 16.6. The quantitative estimate of drug-likeness (QED) is 0.269. The maximum Gasteiger partial charge on any atom is 0.287 e. The van der Waals surface area contributed by atoms with Crippen molar-refractivity contribution < 1.29 is 9.66 Å². The van der Waals surface area contributed by atoms with Crippen molar-refractivity contribution in [1.82, 2.24) is 15.0 Å². The van der Waals surface area contributed by atoms with E-state index in [4.69, 9.17) is 4.74 Å². The number of nitro groups is 1. The van der Waals surface area contributed by atoms with Crippen LogP contribution in [0.3, 0.4) is 0 Å². The summed E-state index contributed by atoms with van der Waals surface area (Å²) in [5.41, 5.74) is 5.12. The molecule has 0 amide bonds. The molecule has 1 N–H and O–H groups in total. The number of ether oxygens (including phenoxy) is 1. The number of aromatic amines is 1. The summed E-state index contributed by atoms with van der Waals surface area (Å²) < 4.78 is 5.61. The van der Waals surface area contributed by atoms with E-state index in [1.54, 1.807) is 30.3 Å². The largest absolute Gasteiger partial charge is 0.439 e. The topological polar surface area (TPSA) is 118 Å². The van der Waals surface area contributed by atoms with Gasteiger partial charge in [0.1, 0.15) is 23.8 Å². The van der Waals surface area contributed by atoms with Gasteiger partial charge in [-0.25, -0.2) is 9.97 Å². The number of hydrogen-bond acceptors (Lipinski definition) is 6. The molecule has 152 valence electrons. The summed E-state index contributed by atoms with van der Waals surface area (Å²) in [6.07, 6.45) is 2.88. The Kier molecular flexibility index (Phi) is 5.16. The molecule has 0 saturated heterocycles. The van der Waals surface area contributed by atoms with E-state index < -0.39 is 4.92 Å². The summed E-state index contributed by atoms with van der Waals surface area (Å²) in [4.78, 5) is 21.9. The second-order valence-electron chi connectivity index (χ2n) is 6.99. The van der Waals surface area contributed by atoms with Gasteiger partial charge in [0.25, 0.3) is 5.69 Å². The second kappa shape index (κ2) is 8.08. The van der Waals surface area contributed by atoms with Gasteiger partial charge in [0, 0.05) is 12.1 Å². The maximum atomic E-state index is 10.7. The van der Waals surface area contributed by atoms with Crippen LogP contribution in [0.15, 0.2) is 54.7 Å². The van der Waals surface area contributed by atoms with Gasteiger partial charge in [-0.15, -0.1) is 0 Å². The highest BCUT2D eigenvalue weighted by Crippen LogP contribution is 2.24. The van der Waals surface area contributed by atoms with Crippen LogP contribution in [-0.2, 0) is 0 Å². The predicted molar refractivity (Wildman–Crippen MR) is 116 cm³/mol. The van der Waals surface area contributed by atoms with Gasteiger partial charge >= 0.3 is 0 Å². The highest BCUT2D eigenvalue weighted by Gasteiger charge is 2.10. The molecule has 0 aliphatic rings. The molecule has 31 heavy (non-hydrogen) atoms. The molecule has 0 unspecified atom stereocenters. The second-order valence-corrected chi connectivity index (χ2v) is 6.99. The molecular formula is C23H17N5O3. The molecule has 2 heterocycles. The van der Waals surface area contributed by atoms with Gasteiger partial charge < -0.3 is 9.72 Å². The molecule has 0 saturated carbocycles. The number of aryl methyl sites for hydroxylation is 2. The van der Waals surface area contributed by atoms with E-state index >= 15 is 0 Å². The Morgan fingerprint density at radius 1 is 1.16 bits per heavy atom. The molecule has 0 bridgehead atoms. The summed E-state index contributed by atoms with van der Waals surface area (Å²) >= 11 is 0. The van der Waals surface area contributed by atoms with E-state index in [1.807, 2.05) is 26.0 Å². The number of allylic oxidation sites excluding steroid dienone is 1. The van der Waals surface area contributed by atoms with Crippen LogP contribution in [0.2, 0.25) is 0 Å². The molecule has 2 aromatic carbocycles. The van der Waals surface area contributed by atoms with Crippen LogP contribution in [-0.4, -0.2) is 19.9 Å². The molecule has 0 fully saturated rings. The van der Waals surface area contributed by atoms with Gasteiger partial charge in [-0.1, -0.05) is 12.1 Å². The lowest BCUT2D eigenvalue weighted by Gasteiger charge is -2.04. The number of fused-ring (bicyclic) bond motifs is 1. The van der Waals surface area contributed by atoms with E-state index in [9.17, 15) is 15.4 Å². The first-order chi connectivity index (χ1) is 14.9. The van der Waals surface area contributed by atoms with Gasteiger partial charge in [0.2, 0.25) is 5.88 Å². The summed E-state index contributed by atoms with van der Waals surface area (Å²) in [7, 11) is 0. The first kappa shape index (κ1) is 19.8. The first-order valence-corrected chi connectivity index (χ1v) is 9.40. The molecular weight excluding hydrogens is 394 g/mol. The number of nitrogens with zero attached hydrogens (tertiary/aromatic N) is 4. The minimum atomic E-state index is -0.519. The molecule has 0 aliphatic carbocycles. The average Bonchev–Trinajstić information content (AvgIpc) is 3.16. The van der Waals surface area contributed by atoms with Crippen LogP contribution in [0.25, 0.3) is 22.7 Å². The molecule has 4 aromatic rings. The number of nitriles is 1. The van der Waals surface area contributed by atoms with E-state index in [0.29, 0.717) is 17.1 Å². The number of H-pyrrole nitrogens is 1. The summed E-state index contributed by atoms with van der Waals surface area (Å²) in [6.45, 7) is 4.06. The number of pyridine rings is 1. The monoisotopic (exact) mass is 411 g/mol. The molecule has 8 nitrogen and oxygen atoms in total. The van der Waals surface area contributed by atoms with Crippen LogP contribution in [0, 0.1) is 35.3 Å². The van der Waals surface area contributed by atoms with Crippen molar-refractivity contribution in [3.63, 3.8) is 0 Å². The smallest absolute Gasteiger partial charge is 0.287 e. The van der Waals surface area contributed by atoms with Crippen molar-refractivity contribution in [2.75, 3.05) is 0 Å². The van der Waals surface area contributed by atoms with Crippen LogP contribution in [0.4, 0.5) is 5.69 Å². The van der Waals surface area contributed by atoms with Crippen molar-refractivity contribution in [3.8, 4) is 17.7 Å². The van der Waals surface area contributed by atoms with E-state index in [2.05, 4.69) is 21.0 Å². The fraction of sp³-hybridized carbons (Fsp3) is 0.0870. The summed E-state index contributed by atoms with van der Waals surface area (Å²) in [6, 6.07) is 16.0. The molecule has 0 atom stereocenters. The fourth-order valence-corrected chi connectivity index (χ4v) is 3.01. The minimum Gasteiger partial charge on any atom is -0.439 e. The zero-order chi connectivity index (χ0) is 22.0. The van der Waals surface area contributed by atoms with E-state index in [1.165, 1.54) is 12.1 Å². The maximum absolute atomic E-state index is 10.7. The summed E-state index contributed by atoms with van der Waals surface area (Å²) in [5, 5.41) is 20.3. The third-order valence-electron chi connectivity index (χ3n) is 4.82. The Bertz CT molecular complexity index is 1310. The average molecular weight is 411 g/mol. The Balaban J connectivity index is 1.55. The standard InChI is InChI=1S/C23H17N5O3/c1-14-9-20-21(10-15(14)2)27-23(26-20)17(12-24)11-16-3-6-19(7-4-16)31-22-8-5-18(13-25-22)28(29)30/h3-11,13H,1-2H3,(H,26,27)/b17-11-. The Labute approximate surface area is 177 Å². The Morgan fingerprint density at radius 3 is 2.55 bits per heavy atom. The van der Waals surface area contributed by atoms with Crippen molar-refractivity contribution >= 4 is 28.4 Å². The van der Waals surface area contributed by atoms with Crippen molar-refractivity contribution in [2.45, 2.75) is 13.8 Å². The minimum absolute atomic E-state index is 0.104. The first-order valence-electron chi connectivity index (χ1n) is 9.40. The number of nitrogens with one attached hydrogen (secondary N) is 1. The van der Waals surface area contributed by atoms with Gasteiger partial charge in [-0.2, -0.15) is 5.26 Å². The van der Waals surface area contributed by atoms with Crippen LogP contribution in [0.1, 0.15) is 22.5 Å². The van der Waals surface area contributed by atoms with Gasteiger partial charge in [0.05, 0.1) is 21.5 Å². The number of aromatic nitrogens is 3. The lowest BCUT2D eigenvalue weighted by Crippen LogP contribution is -1.91. The number of imidazole rings is 1. The zero-order valence-corrected chi connectivity index (χ0v) is 16.8. The normalized spacial score (nSPS) is 11.3. The molecule has 0 spiro atoms. The molecule has 0 radical (unpaired) electrons. The van der Waals surface area contributed by atoms with Crippen LogP contribution < -0.4 is 4.74 Å². The predicted octanol–water partition coefficient (Wildman–Crippen LogP) is 5.34. The van der Waals surface area contributed by atoms with Crippen molar-refractivity contribution in [1.29, 1.82) is 5.26 Å². The lowest BCUT2D eigenvalue weighted by molar-refractivity contribution is -0.385. The van der Waals surface area contributed by atoms with E-state index in [-0.39, 0.29) is 11.6 Å². The number of hydrogen-bond donors (Lipinski definition) is 1. The van der Waals surface area contributed by atoms with Crippen molar-refractivity contribution in [3.05, 3.63) is 87.4 Å². The molecule has 0 aliphatic heterocycles. The van der Waals surface area contributed by atoms with Gasteiger partial charge in [-0.05, 0) is 60.9 Å². The molecule has 2 aromatic heterocycles. The van der Waals surface area contributed by atoms with Crippen molar-refractivity contribution in [2.24, 2.45) is 0 Å². The van der Waals surface area contributed by atoms with Gasteiger partial charge in [0.15, 0.2) is 0 Å². The zero-order valence-electron chi connectivity index (χ0n) is 16.8. The fourth-order valence-electron chi connectivity index (χ4n) is 3.01. The number of rotatable bonds is 5. The third kappa shape index (κ3) is 4.26. The Morgan fingerprint density at radius 2 is 1.90 bits per heavy atom. The van der Waals surface area contributed by atoms with Crippen LogP contribution >= 0.6 is 0 Å². The number of benzene rings is 2. The summed E-state index contributed by atoms with van der Waals surface area (Å²) in [5.74, 6) is 1.28. The lowest BCUT2D eigenvalue weighted by atomic mass is 10.1. The molecule has 8 heteroatoms. The molecule has 4 rings (SSSR count). The Hall–Kier alpha value is -4.51. The van der Waals surface area contributed by atoms with E-state index in [0.717, 1.165) is 33.9 Å². The van der Waals surface area contributed by atoms with Crippen LogP contribution in [0.5, 0.6) is 11.6 Å². The SMILES string of the molecule is Cc1cc2nc(/C(C#N)=C\c3ccc(Oc4ccc([N+](=O)[O-])cn4)cc3)[nH]c2cc1C.